The van der Waals surface area contributed by atoms with Gasteiger partial charge in [-0.15, -0.1) is 0 Å². The Hall–Kier alpha value is 0.790. The SMILES string of the molecule is CNC(C1=CC=CC1)C(O)=[Si](C)C.[Cl][Zr][Cl]. The Morgan fingerprint density at radius 1 is 1.56 bits per heavy atom. The zero-order valence-corrected chi connectivity index (χ0v) is 14.7. The zero-order chi connectivity index (χ0) is 12.6. The average molecular weight is 357 g/mol. The molecule has 16 heavy (non-hydrogen) atoms. The quantitative estimate of drug-likeness (QED) is 0.761. The summed E-state index contributed by atoms with van der Waals surface area (Å²) in [6, 6.07) is 0.0684. The van der Waals surface area contributed by atoms with Crippen LogP contribution >= 0.6 is 17.0 Å². The number of hydrogen-bond donors (Lipinski definition) is 2. The molecule has 0 spiro atoms. The van der Waals surface area contributed by atoms with Crippen molar-refractivity contribution in [2.24, 2.45) is 0 Å². The first-order valence-electron chi connectivity index (χ1n) is 4.93. The molecule has 0 saturated heterocycles. The Bertz CT molecular complexity index is 301. The summed E-state index contributed by atoms with van der Waals surface area (Å²) < 4.78 is 0. The maximum absolute atomic E-state index is 9.88. The molecule has 0 aromatic rings. The van der Waals surface area contributed by atoms with Crippen LogP contribution in [0, 0.1) is 0 Å². The number of allylic oxidation sites excluding steroid dienone is 3. The fourth-order valence-corrected chi connectivity index (χ4v) is 2.37. The van der Waals surface area contributed by atoms with E-state index in [9.17, 15) is 5.11 Å². The van der Waals surface area contributed by atoms with Crippen LogP contribution in [0.3, 0.4) is 0 Å². The second-order valence-electron chi connectivity index (χ2n) is 3.55. The molecule has 90 valence electrons. The molecular formula is C10H17Cl2NOSiZr. The molecule has 2 N–H and O–H groups in total. The van der Waals surface area contributed by atoms with E-state index in [-0.39, 0.29) is 6.04 Å². The molecule has 1 unspecified atom stereocenters. The molecule has 0 saturated carbocycles. The van der Waals surface area contributed by atoms with E-state index >= 15 is 0 Å². The van der Waals surface area contributed by atoms with Crippen molar-refractivity contribution in [3.63, 3.8) is 0 Å². The van der Waals surface area contributed by atoms with Crippen molar-refractivity contribution in [2.75, 3.05) is 7.05 Å². The number of aliphatic hydroxyl groups excluding tert-OH is 1. The van der Waals surface area contributed by atoms with E-state index in [2.05, 4.69) is 30.6 Å². The fraction of sp³-hybridized carbons (Fsp3) is 0.500. The standard InChI is InChI=1S/C10H17NOSi.2ClH.Zr/c1-11-9(10(12)13(2)3)8-6-4-5-7-8;;;/h4-6,9,11-12H,7H2,1-3H3;2*1H;/q;;;+2/p-2. The van der Waals surface area contributed by atoms with Gasteiger partial charge in [-0.05, 0) is 19.0 Å². The van der Waals surface area contributed by atoms with Crippen molar-refractivity contribution >= 4 is 30.8 Å². The topological polar surface area (TPSA) is 32.3 Å². The third-order valence-corrected chi connectivity index (χ3v) is 3.56. The van der Waals surface area contributed by atoms with Crippen LogP contribution < -0.4 is 5.32 Å². The van der Waals surface area contributed by atoms with Gasteiger partial charge >= 0.3 is 37.9 Å². The van der Waals surface area contributed by atoms with Crippen LogP contribution in [0.5, 0.6) is 0 Å². The maximum atomic E-state index is 9.88. The van der Waals surface area contributed by atoms with Crippen LogP contribution in [0.25, 0.3) is 0 Å². The third kappa shape index (κ3) is 5.92. The van der Waals surface area contributed by atoms with E-state index in [1.807, 2.05) is 13.1 Å². The molecular weight excluding hydrogens is 340 g/mol. The second-order valence-corrected chi connectivity index (χ2v) is 9.80. The van der Waals surface area contributed by atoms with Crippen LogP contribution in [0.4, 0.5) is 0 Å². The van der Waals surface area contributed by atoms with Gasteiger partial charge in [-0.2, -0.15) is 0 Å². The van der Waals surface area contributed by atoms with Gasteiger partial charge in [0.15, 0.2) is 0 Å². The Morgan fingerprint density at radius 3 is 2.44 bits per heavy atom. The van der Waals surface area contributed by atoms with Crippen molar-refractivity contribution in [2.45, 2.75) is 25.6 Å². The number of hydrogen-bond acceptors (Lipinski definition) is 2. The Morgan fingerprint density at radius 2 is 2.12 bits per heavy atom. The summed E-state index contributed by atoms with van der Waals surface area (Å²) in [5, 5.41) is 13.7. The number of likely N-dealkylation sites (N-methyl/N-ethyl adjacent to an activating group) is 1. The normalized spacial score (nSPS) is 14.7. The van der Waals surface area contributed by atoms with Crippen LogP contribution in [0.1, 0.15) is 6.42 Å². The van der Waals surface area contributed by atoms with E-state index in [1.54, 1.807) is 0 Å². The number of halogens is 2. The van der Waals surface area contributed by atoms with E-state index < -0.39 is 29.3 Å². The molecule has 2 nitrogen and oxygen atoms in total. The van der Waals surface area contributed by atoms with Crippen LogP contribution in [-0.2, 0) is 20.8 Å². The summed E-state index contributed by atoms with van der Waals surface area (Å²) in [5.41, 5.74) is 1.27. The molecule has 0 heterocycles. The molecule has 0 radical (unpaired) electrons. The second kappa shape index (κ2) is 9.78. The van der Waals surface area contributed by atoms with E-state index in [0.717, 1.165) is 6.42 Å². The predicted octanol–water partition coefficient (Wildman–Crippen LogP) is 2.68. The number of rotatable bonds is 3. The number of aliphatic hydroxyl groups is 1. The van der Waals surface area contributed by atoms with Crippen molar-refractivity contribution in [3.8, 4) is 0 Å². The van der Waals surface area contributed by atoms with Gasteiger partial charge < -0.3 is 10.4 Å². The van der Waals surface area contributed by atoms with E-state index in [4.69, 9.17) is 17.0 Å². The first kappa shape index (κ1) is 16.8. The minimum atomic E-state index is -0.826. The summed E-state index contributed by atoms with van der Waals surface area (Å²) in [4.78, 5) is 0. The number of nitrogens with one attached hydrogen (secondary N) is 1. The molecule has 0 aliphatic heterocycles. The van der Waals surface area contributed by atoms with Crippen molar-refractivity contribution in [3.05, 3.63) is 23.8 Å². The molecule has 0 amide bonds. The van der Waals surface area contributed by atoms with Gasteiger partial charge in [0.25, 0.3) is 0 Å². The summed E-state index contributed by atoms with van der Waals surface area (Å²) >= 11 is -0.826. The molecule has 1 aliphatic carbocycles. The van der Waals surface area contributed by atoms with E-state index in [0.29, 0.717) is 5.35 Å². The zero-order valence-electron chi connectivity index (χ0n) is 9.72. The Labute approximate surface area is 118 Å². The third-order valence-electron chi connectivity index (χ3n) is 2.25. The van der Waals surface area contributed by atoms with Gasteiger partial charge in [0.1, 0.15) is 0 Å². The molecule has 1 atom stereocenters. The minimum absolute atomic E-state index is 0.0684. The summed E-state index contributed by atoms with van der Waals surface area (Å²) in [6.07, 6.45) is 7.21. The van der Waals surface area contributed by atoms with Crippen LogP contribution in [0.2, 0.25) is 13.1 Å². The molecule has 1 rings (SSSR count). The van der Waals surface area contributed by atoms with Crippen molar-refractivity contribution in [1.29, 1.82) is 0 Å². The van der Waals surface area contributed by atoms with E-state index in [1.165, 1.54) is 5.57 Å². The van der Waals surface area contributed by atoms with Crippen molar-refractivity contribution < 1.29 is 26.0 Å². The first-order chi connectivity index (χ1) is 7.58. The fourth-order valence-electron chi connectivity index (χ4n) is 1.46. The van der Waals surface area contributed by atoms with Gasteiger partial charge in [0.05, 0.1) is 19.8 Å². The van der Waals surface area contributed by atoms with Gasteiger partial charge in [0, 0.05) is 0 Å². The molecule has 0 aromatic heterocycles. The monoisotopic (exact) mass is 355 g/mol. The Balaban J connectivity index is 0.000000673. The average Bonchev–Trinajstić information content (AvgIpc) is 2.73. The summed E-state index contributed by atoms with van der Waals surface area (Å²) in [7, 11) is 11.0. The van der Waals surface area contributed by atoms with Gasteiger partial charge in [-0.3, -0.25) is 0 Å². The van der Waals surface area contributed by atoms with Gasteiger partial charge in [0.2, 0.25) is 0 Å². The summed E-state index contributed by atoms with van der Waals surface area (Å²) in [6.45, 7) is 4.21. The van der Waals surface area contributed by atoms with Crippen LogP contribution in [-0.4, -0.2) is 32.0 Å². The van der Waals surface area contributed by atoms with Gasteiger partial charge in [-0.1, -0.05) is 31.3 Å². The first-order valence-corrected chi connectivity index (χ1v) is 13.8. The molecule has 0 aromatic carbocycles. The molecule has 1 aliphatic rings. The molecule has 6 heteroatoms. The molecule has 0 fully saturated rings. The molecule has 0 bridgehead atoms. The Kier molecular flexibility index (Phi) is 10.3. The summed E-state index contributed by atoms with van der Waals surface area (Å²) in [5.74, 6) is 0. The van der Waals surface area contributed by atoms with Crippen molar-refractivity contribution in [1.82, 2.24) is 5.32 Å². The van der Waals surface area contributed by atoms with Crippen LogP contribution in [0.15, 0.2) is 23.8 Å². The van der Waals surface area contributed by atoms with Gasteiger partial charge in [-0.25, -0.2) is 0 Å². The predicted molar refractivity (Wildman–Crippen MR) is 70.8 cm³/mol.